The lowest BCUT2D eigenvalue weighted by atomic mass is 9.98. The van der Waals surface area contributed by atoms with Crippen LogP contribution in [-0.2, 0) is 19.6 Å². The summed E-state index contributed by atoms with van der Waals surface area (Å²) in [6, 6.07) is 12.0. The van der Waals surface area contributed by atoms with Crippen molar-refractivity contribution in [2.45, 2.75) is 44.4 Å². The van der Waals surface area contributed by atoms with Crippen LogP contribution in [0.25, 0.3) is 0 Å². The highest BCUT2D eigenvalue weighted by Gasteiger charge is 2.35. The first-order valence-electron chi connectivity index (χ1n) is 11.0. The number of nitrogens with one attached hydrogen (secondary N) is 2. The zero-order valence-electron chi connectivity index (χ0n) is 19.4. The van der Waals surface area contributed by atoms with Crippen LogP contribution in [0.15, 0.2) is 47.4 Å². The van der Waals surface area contributed by atoms with E-state index in [1.807, 2.05) is 19.9 Å². The van der Waals surface area contributed by atoms with Crippen molar-refractivity contribution in [1.82, 2.24) is 4.31 Å². The number of anilines is 2. The van der Waals surface area contributed by atoms with Crippen LogP contribution in [0, 0.1) is 5.92 Å². The number of carbonyl (C=O) groups excluding carboxylic acids is 2. The second-order valence-corrected chi connectivity index (χ2v) is 10.4. The fourth-order valence-electron chi connectivity index (χ4n) is 3.85. The number of rotatable bonds is 7. The highest BCUT2D eigenvalue weighted by molar-refractivity contribution is 7.89. The van der Waals surface area contributed by atoms with Gasteiger partial charge in [-0.15, -0.1) is 0 Å². The summed E-state index contributed by atoms with van der Waals surface area (Å²) in [6.45, 7) is 5.89. The van der Waals surface area contributed by atoms with Crippen molar-refractivity contribution >= 4 is 33.2 Å². The second-order valence-electron chi connectivity index (χ2n) is 8.51. The topological polar surface area (TPSA) is 105 Å². The number of piperidine rings is 1. The molecule has 2 aromatic carbocycles. The number of benzene rings is 2. The first-order valence-corrected chi connectivity index (χ1v) is 12.4. The van der Waals surface area contributed by atoms with Gasteiger partial charge in [-0.1, -0.05) is 19.9 Å². The number of carbonyl (C=O) groups is 2. The van der Waals surface area contributed by atoms with Crippen molar-refractivity contribution < 1.29 is 22.7 Å². The molecule has 1 atom stereocenters. The Balaban J connectivity index is 1.75. The molecule has 2 N–H and O–H groups in total. The molecule has 2 amide bonds. The Morgan fingerprint density at radius 3 is 2.27 bits per heavy atom. The van der Waals surface area contributed by atoms with Gasteiger partial charge in [0.1, 0.15) is 10.6 Å². The van der Waals surface area contributed by atoms with E-state index in [2.05, 4.69) is 10.6 Å². The average Bonchev–Trinajstić information content (AvgIpc) is 2.79. The molecule has 8 nitrogen and oxygen atoms in total. The molecule has 1 aliphatic heterocycles. The molecule has 33 heavy (non-hydrogen) atoms. The number of nitrogens with zero attached hydrogens (tertiary/aromatic N) is 1. The van der Waals surface area contributed by atoms with E-state index >= 15 is 0 Å². The molecule has 0 unspecified atom stereocenters. The molecule has 0 bridgehead atoms. The highest BCUT2D eigenvalue weighted by atomic mass is 32.2. The molecular formula is C24H31N3O5S. The van der Waals surface area contributed by atoms with Gasteiger partial charge in [-0.3, -0.25) is 9.59 Å². The van der Waals surface area contributed by atoms with Gasteiger partial charge in [-0.2, -0.15) is 4.31 Å². The zero-order valence-corrected chi connectivity index (χ0v) is 20.2. The SMILES string of the molecule is COc1ccc(C(C)C)cc1S(=O)(=O)N1CCC[C@H](C(=O)Nc2ccc(NC(C)=O)cc2)C1. The maximum atomic E-state index is 13.5. The Hall–Kier alpha value is -2.91. The molecule has 1 fully saturated rings. The van der Waals surface area contributed by atoms with Crippen LogP contribution in [0.3, 0.4) is 0 Å². The highest BCUT2D eigenvalue weighted by Crippen LogP contribution is 2.32. The molecule has 3 rings (SSSR count). The maximum absolute atomic E-state index is 13.5. The van der Waals surface area contributed by atoms with Gasteiger partial charge in [0, 0.05) is 31.4 Å². The van der Waals surface area contributed by atoms with E-state index < -0.39 is 15.9 Å². The minimum atomic E-state index is -3.83. The molecular weight excluding hydrogens is 442 g/mol. The summed E-state index contributed by atoms with van der Waals surface area (Å²) in [5.74, 6) is -0.411. The standard InChI is InChI=1S/C24H31N3O5S/c1-16(2)18-7-12-22(32-4)23(14-18)33(30,31)27-13-5-6-19(15-27)24(29)26-21-10-8-20(9-11-21)25-17(3)28/h7-12,14,16,19H,5-6,13,15H2,1-4H3,(H,25,28)(H,26,29)/t19-/m0/s1. The summed E-state index contributed by atoms with van der Waals surface area (Å²) in [7, 11) is -2.38. The van der Waals surface area contributed by atoms with E-state index in [1.165, 1.54) is 18.3 Å². The van der Waals surface area contributed by atoms with E-state index in [-0.39, 0.29) is 29.2 Å². The van der Waals surface area contributed by atoms with E-state index in [0.717, 1.165) is 5.56 Å². The van der Waals surface area contributed by atoms with Crippen LogP contribution in [0.5, 0.6) is 5.75 Å². The molecule has 9 heteroatoms. The molecule has 1 heterocycles. The summed E-state index contributed by atoms with van der Waals surface area (Å²) in [5, 5.41) is 5.52. The Kier molecular flexibility index (Phi) is 7.76. The fraction of sp³-hybridized carbons (Fsp3) is 0.417. The van der Waals surface area contributed by atoms with E-state index in [1.54, 1.807) is 36.4 Å². The smallest absolute Gasteiger partial charge is 0.246 e. The molecule has 0 radical (unpaired) electrons. The zero-order chi connectivity index (χ0) is 24.2. The summed E-state index contributed by atoms with van der Waals surface area (Å²) >= 11 is 0. The summed E-state index contributed by atoms with van der Waals surface area (Å²) < 4.78 is 33.7. The molecule has 0 aliphatic carbocycles. The van der Waals surface area contributed by atoms with Gasteiger partial charge in [-0.05, 0) is 60.7 Å². The minimum absolute atomic E-state index is 0.104. The van der Waals surface area contributed by atoms with Crippen LogP contribution < -0.4 is 15.4 Å². The Morgan fingerprint density at radius 2 is 1.70 bits per heavy atom. The lowest BCUT2D eigenvalue weighted by Crippen LogP contribution is -2.43. The Morgan fingerprint density at radius 1 is 1.06 bits per heavy atom. The van der Waals surface area contributed by atoms with E-state index in [0.29, 0.717) is 36.5 Å². The van der Waals surface area contributed by atoms with E-state index in [9.17, 15) is 18.0 Å². The summed E-state index contributed by atoms with van der Waals surface area (Å²) in [6.07, 6.45) is 1.19. The molecule has 0 spiro atoms. The fourth-order valence-corrected chi connectivity index (χ4v) is 5.57. The van der Waals surface area contributed by atoms with Gasteiger partial charge in [-0.25, -0.2) is 8.42 Å². The normalized spacial score (nSPS) is 16.9. The Labute approximate surface area is 195 Å². The van der Waals surface area contributed by atoms with Crippen LogP contribution >= 0.6 is 0 Å². The first-order chi connectivity index (χ1) is 15.6. The molecule has 1 aliphatic rings. The summed E-state index contributed by atoms with van der Waals surface area (Å²) in [4.78, 5) is 24.2. The van der Waals surface area contributed by atoms with Gasteiger partial charge in [0.15, 0.2) is 0 Å². The summed E-state index contributed by atoms with van der Waals surface area (Å²) in [5.41, 5.74) is 2.12. The number of amides is 2. The lowest BCUT2D eigenvalue weighted by Gasteiger charge is -2.31. The molecule has 0 aromatic heterocycles. The molecule has 1 saturated heterocycles. The quantitative estimate of drug-likeness (QED) is 0.636. The minimum Gasteiger partial charge on any atom is -0.495 e. The lowest BCUT2D eigenvalue weighted by molar-refractivity contribution is -0.121. The molecule has 0 saturated carbocycles. The van der Waals surface area contributed by atoms with Gasteiger partial charge >= 0.3 is 0 Å². The number of methoxy groups -OCH3 is 1. The Bertz CT molecular complexity index is 1110. The van der Waals surface area contributed by atoms with Crippen molar-refractivity contribution in [3.05, 3.63) is 48.0 Å². The van der Waals surface area contributed by atoms with Gasteiger partial charge in [0.05, 0.1) is 13.0 Å². The van der Waals surface area contributed by atoms with Crippen molar-refractivity contribution in [2.75, 3.05) is 30.8 Å². The third-order valence-corrected chi connectivity index (χ3v) is 7.59. The van der Waals surface area contributed by atoms with Gasteiger partial charge in [0.2, 0.25) is 21.8 Å². The van der Waals surface area contributed by atoms with Crippen molar-refractivity contribution in [3.63, 3.8) is 0 Å². The van der Waals surface area contributed by atoms with Crippen LogP contribution in [0.2, 0.25) is 0 Å². The second kappa shape index (κ2) is 10.4. The number of hydrogen-bond acceptors (Lipinski definition) is 5. The third kappa shape index (κ3) is 5.91. The maximum Gasteiger partial charge on any atom is 0.246 e. The number of sulfonamides is 1. The van der Waals surface area contributed by atoms with Gasteiger partial charge < -0.3 is 15.4 Å². The molecule has 2 aromatic rings. The van der Waals surface area contributed by atoms with Crippen LogP contribution in [0.4, 0.5) is 11.4 Å². The van der Waals surface area contributed by atoms with Gasteiger partial charge in [0.25, 0.3) is 0 Å². The number of ether oxygens (including phenoxy) is 1. The first kappa shape index (κ1) is 24.7. The van der Waals surface area contributed by atoms with Crippen molar-refractivity contribution in [1.29, 1.82) is 0 Å². The van der Waals surface area contributed by atoms with Crippen LogP contribution in [0.1, 0.15) is 45.1 Å². The largest absolute Gasteiger partial charge is 0.495 e. The predicted molar refractivity (Wildman–Crippen MR) is 128 cm³/mol. The monoisotopic (exact) mass is 473 g/mol. The van der Waals surface area contributed by atoms with E-state index in [4.69, 9.17) is 4.74 Å². The van der Waals surface area contributed by atoms with Crippen molar-refractivity contribution in [2.24, 2.45) is 5.92 Å². The van der Waals surface area contributed by atoms with Crippen LogP contribution in [-0.4, -0.2) is 44.7 Å². The predicted octanol–water partition coefficient (Wildman–Crippen LogP) is 3.82. The number of hydrogen-bond donors (Lipinski definition) is 2. The average molecular weight is 474 g/mol. The molecule has 178 valence electrons. The third-order valence-electron chi connectivity index (χ3n) is 5.70. The van der Waals surface area contributed by atoms with Crippen molar-refractivity contribution in [3.8, 4) is 5.75 Å².